The van der Waals surface area contributed by atoms with Crippen molar-refractivity contribution in [1.82, 2.24) is 10.5 Å². The molecule has 0 bridgehead atoms. The molecule has 0 saturated heterocycles. The van der Waals surface area contributed by atoms with E-state index in [1.165, 1.54) is 0 Å². The Kier molecular flexibility index (Phi) is 3.77. The summed E-state index contributed by atoms with van der Waals surface area (Å²) in [5.74, 6) is -6.51. The molecule has 1 aromatic heterocycles. The predicted molar refractivity (Wildman–Crippen MR) is 48.1 cm³/mol. The van der Waals surface area contributed by atoms with Crippen LogP contribution in [0.25, 0.3) is 0 Å². The van der Waals surface area contributed by atoms with Crippen molar-refractivity contribution >= 4 is 17.5 Å². The molecule has 100 valence electrons. The first-order valence-corrected chi connectivity index (χ1v) is 4.54. The molecule has 0 spiro atoms. The fourth-order valence-corrected chi connectivity index (χ4v) is 1.29. The number of pyridine rings is 1. The van der Waals surface area contributed by atoms with Crippen LogP contribution in [0.15, 0.2) is 12.3 Å². The maximum Gasteiger partial charge on any atom is 0.417 e. The summed E-state index contributed by atoms with van der Waals surface area (Å²) in [5, 5.41) is 7.03. The van der Waals surface area contributed by atoms with Gasteiger partial charge in [0.1, 0.15) is 5.69 Å². The van der Waals surface area contributed by atoms with Gasteiger partial charge in [-0.1, -0.05) is 11.6 Å². The van der Waals surface area contributed by atoms with Crippen LogP contribution in [0, 0.1) is 0 Å². The van der Waals surface area contributed by atoms with Gasteiger partial charge in [-0.3, -0.25) is 15.0 Å². The topological polar surface area (TPSA) is 62.2 Å². The van der Waals surface area contributed by atoms with E-state index in [0.717, 1.165) is 0 Å². The lowest BCUT2D eigenvalue weighted by Crippen LogP contribution is -2.37. The van der Waals surface area contributed by atoms with Gasteiger partial charge in [0.25, 0.3) is 0 Å². The van der Waals surface area contributed by atoms with Crippen LogP contribution in [0.4, 0.5) is 22.0 Å². The monoisotopic (exact) mass is 290 g/mol. The summed E-state index contributed by atoms with van der Waals surface area (Å²) in [6.07, 6.45) is -4.69. The Morgan fingerprint density at radius 3 is 2.28 bits per heavy atom. The molecule has 0 aliphatic rings. The molecule has 2 N–H and O–H groups in total. The highest BCUT2D eigenvalue weighted by Gasteiger charge is 2.45. The normalized spacial score (nSPS) is 12.4. The Morgan fingerprint density at radius 2 is 1.89 bits per heavy atom. The molecular formula is C8H4ClF5N2O2. The van der Waals surface area contributed by atoms with Gasteiger partial charge in [0.15, 0.2) is 0 Å². The summed E-state index contributed by atoms with van der Waals surface area (Å²) < 4.78 is 63.1. The summed E-state index contributed by atoms with van der Waals surface area (Å²) in [4.78, 5) is 13.4. The third kappa shape index (κ3) is 2.67. The number of halogens is 6. The average Bonchev–Trinajstić information content (AvgIpc) is 2.26. The molecule has 0 unspecified atom stereocenters. The summed E-state index contributed by atoms with van der Waals surface area (Å²) >= 11 is 5.22. The number of hydrogen-bond acceptors (Lipinski definition) is 3. The highest BCUT2D eigenvalue weighted by molar-refractivity contribution is 6.31. The van der Waals surface area contributed by atoms with Gasteiger partial charge in [0, 0.05) is 6.20 Å². The first-order valence-electron chi connectivity index (χ1n) is 4.16. The van der Waals surface area contributed by atoms with Crippen LogP contribution in [-0.4, -0.2) is 16.1 Å². The van der Waals surface area contributed by atoms with Crippen LogP contribution in [-0.2, 0) is 16.9 Å². The van der Waals surface area contributed by atoms with Crippen LogP contribution in [0.5, 0.6) is 0 Å². The second-order valence-electron chi connectivity index (χ2n) is 3.07. The van der Waals surface area contributed by atoms with E-state index >= 15 is 0 Å². The number of nitrogens with one attached hydrogen (secondary N) is 1. The SMILES string of the molecule is O=C(NO)C(F)(F)c1ncc(C(F)(F)F)cc1Cl. The third-order valence-electron chi connectivity index (χ3n) is 1.85. The van der Waals surface area contributed by atoms with Gasteiger partial charge in [-0.05, 0) is 6.07 Å². The Labute approximate surface area is 101 Å². The number of amides is 1. The summed E-state index contributed by atoms with van der Waals surface area (Å²) in [5.41, 5.74) is -2.06. The Balaban J connectivity index is 3.26. The van der Waals surface area contributed by atoms with Crippen LogP contribution >= 0.6 is 11.6 Å². The fourth-order valence-electron chi connectivity index (χ4n) is 1.00. The van der Waals surface area contributed by atoms with Crippen LogP contribution in [0.3, 0.4) is 0 Å². The van der Waals surface area contributed by atoms with E-state index in [1.807, 2.05) is 0 Å². The molecular weight excluding hydrogens is 287 g/mol. The molecule has 1 amide bonds. The van der Waals surface area contributed by atoms with Crippen molar-refractivity contribution in [2.45, 2.75) is 12.1 Å². The largest absolute Gasteiger partial charge is 0.417 e. The van der Waals surface area contributed by atoms with Crippen molar-refractivity contribution in [2.24, 2.45) is 0 Å². The number of alkyl halides is 5. The van der Waals surface area contributed by atoms with Gasteiger partial charge in [0.05, 0.1) is 10.6 Å². The molecule has 0 aromatic carbocycles. The zero-order valence-electron chi connectivity index (χ0n) is 8.23. The summed E-state index contributed by atoms with van der Waals surface area (Å²) in [6.45, 7) is 0. The average molecular weight is 291 g/mol. The van der Waals surface area contributed by atoms with Crippen molar-refractivity contribution in [1.29, 1.82) is 0 Å². The number of rotatable bonds is 2. The van der Waals surface area contributed by atoms with Gasteiger partial charge in [0.2, 0.25) is 0 Å². The van der Waals surface area contributed by atoms with E-state index in [9.17, 15) is 26.7 Å². The number of hydroxylamine groups is 1. The molecule has 0 fully saturated rings. The minimum absolute atomic E-state index is 0.111. The lowest BCUT2D eigenvalue weighted by molar-refractivity contribution is -0.156. The first kappa shape index (κ1) is 14.6. The zero-order valence-corrected chi connectivity index (χ0v) is 8.98. The summed E-state index contributed by atoms with van der Waals surface area (Å²) in [7, 11) is 0. The smallest absolute Gasteiger partial charge is 0.288 e. The van der Waals surface area contributed by atoms with Crippen LogP contribution in [0.1, 0.15) is 11.3 Å². The minimum atomic E-state index is -4.80. The highest BCUT2D eigenvalue weighted by Crippen LogP contribution is 2.36. The molecule has 10 heteroatoms. The van der Waals surface area contributed by atoms with E-state index < -0.39 is 34.3 Å². The van der Waals surface area contributed by atoms with Crippen molar-refractivity contribution in [2.75, 3.05) is 0 Å². The van der Waals surface area contributed by atoms with Crippen LogP contribution < -0.4 is 5.48 Å². The molecule has 4 nitrogen and oxygen atoms in total. The van der Waals surface area contributed by atoms with E-state index in [0.29, 0.717) is 5.48 Å². The maximum absolute atomic E-state index is 13.2. The van der Waals surface area contributed by atoms with Gasteiger partial charge < -0.3 is 0 Å². The quantitative estimate of drug-likeness (QED) is 0.499. The number of aromatic nitrogens is 1. The molecule has 0 radical (unpaired) electrons. The third-order valence-corrected chi connectivity index (χ3v) is 2.14. The predicted octanol–water partition coefficient (Wildman–Crippen LogP) is 2.35. The van der Waals surface area contributed by atoms with Gasteiger partial charge in [-0.2, -0.15) is 22.0 Å². The molecule has 0 atom stereocenters. The Bertz CT molecular complexity index is 477. The number of carbonyl (C=O) groups excluding carboxylic acids is 1. The second-order valence-corrected chi connectivity index (χ2v) is 3.47. The van der Waals surface area contributed by atoms with Crippen molar-refractivity contribution in [3.05, 3.63) is 28.5 Å². The molecule has 0 saturated carbocycles. The Morgan fingerprint density at radius 1 is 1.33 bits per heavy atom. The number of nitrogens with zero attached hydrogens (tertiary/aromatic N) is 1. The van der Waals surface area contributed by atoms with Crippen molar-refractivity contribution in [3.8, 4) is 0 Å². The van der Waals surface area contributed by atoms with Crippen molar-refractivity contribution < 1.29 is 32.0 Å². The standard InChI is InChI=1S/C8H4ClF5N2O2/c9-4-1-3(8(12,13)14)2-15-5(4)7(10,11)6(17)16-18/h1-2,18H,(H,16,17). The van der Waals surface area contributed by atoms with E-state index in [-0.39, 0.29) is 12.3 Å². The maximum atomic E-state index is 13.2. The van der Waals surface area contributed by atoms with Crippen LogP contribution in [0.2, 0.25) is 5.02 Å². The van der Waals surface area contributed by atoms with Gasteiger partial charge >= 0.3 is 18.0 Å². The number of carbonyl (C=O) groups is 1. The highest BCUT2D eigenvalue weighted by atomic mass is 35.5. The minimum Gasteiger partial charge on any atom is -0.288 e. The molecule has 1 heterocycles. The molecule has 1 rings (SSSR count). The zero-order chi connectivity index (χ0) is 14.1. The molecule has 18 heavy (non-hydrogen) atoms. The lowest BCUT2D eigenvalue weighted by Gasteiger charge is -2.15. The lowest BCUT2D eigenvalue weighted by atomic mass is 10.1. The fraction of sp³-hybridized carbons (Fsp3) is 0.250. The van der Waals surface area contributed by atoms with Crippen molar-refractivity contribution in [3.63, 3.8) is 0 Å². The number of hydrogen-bond donors (Lipinski definition) is 2. The molecule has 1 aromatic rings. The van der Waals surface area contributed by atoms with E-state index in [2.05, 4.69) is 4.98 Å². The molecule has 0 aliphatic carbocycles. The Hall–Kier alpha value is -1.48. The van der Waals surface area contributed by atoms with E-state index in [1.54, 1.807) is 0 Å². The van der Waals surface area contributed by atoms with E-state index in [4.69, 9.17) is 16.8 Å². The summed E-state index contributed by atoms with van der Waals surface area (Å²) in [6, 6.07) is 0.211. The molecule has 0 aliphatic heterocycles. The van der Waals surface area contributed by atoms with Gasteiger partial charge in [-0.25, -0.2) is 5.48 Å². The van der Waals surface area contributed by atoms with Gasteiger partial charge in [-0.15, -0.1) is 0 Å². The second kappa shape index (κ2) is 4.65. The first-order chi connectivity index (χ1) is 8.10.